The molecule has 131 heavy (non-hydrogen) atoms. The average Bonchev–Trinajstić information content (AvgIpc) is 1.46. The zero-order chi connectivity index (χ0) is 97.8. The Morgan fingerprint density at radius 1 is 0.435 bits per heavy atom. The van der Waals surface area contributed by atoms with E-state index in [9.17, 15) is 77.3 Å². The van der Waals surface area contributed by atoms with Crippen LogP contribution in [0.1, 0.15) is 247 Å². The van der Waals surface area contributed by atoms with E-state index in [1.165, 1.54) is 33.3 Å². The number of nitrogens with two attached hydrogens (primary N) is 9. The molecule has 1 aromatic heterocycles. The van der Waals surface area contributed by atoms with Crippen LogP contribution in [0.25, 0.3) is 0 Å². The molecule has 17 amide bonds. The summed E-state index contributed by atoms with van der Waals surface area (Å²) >= 11 is 0. The summed E-state index contributed by atoms with van der Waals surface area (Å²) in [5.74, 6) is -17.6. The second kappa shape index (κ2) is 56.5. The number of imidazole rings is 1. The molecule has 1 aromatic rings. The molecule has 3 fully saturated rings. The number of aliphatic imine (C=N–C) groups is 3. The topological polar surface area (TPSA) is 799 Å². The molecule has 3 aliphatic carbocycles. The second-order valence-corrected chi connectivity index (χ2v) is 35.5. The Kier molecular flexibility index (Phi) is 48.0. The van der Waals surface area contributed by atoms with Gasteiger partial charge >= 0.3 is 0 Å². The molecule has 0 bridgehead atoms. The van der Waals surface area contributed by atoms with Crippen LogP contribution in [0.5, 0.6) is 0 Å². The molecule has 4 rings (SSSR count). The van der Waals surface area contributed by atoms with Crippen LogP contribution in [-0.4, -0.2) is 254 Å². The fourth-order valence-corrected chi connectivity index (χ4v) is 15.8. The third kappa shape index (κ3) is 41.3. The zero-order valence-electron chi connectivity index (χ0n) is 76.8. The molecule has 3 saturated carbocycles. The van der Waals surface area contributed by atoms with Crippen molar-refractivity contribution in [3.05, 3.63) is 18.2 Å². The predicted molar refractivity (Wildman–Crippen MR) is 483 cm³/mol. The van der Waals surface area contributed by atoms with E-state index in [4.69, 9.17) is 51.6 Å². The van der Waals surface area contributed by atoms with Gasteiger partial charge in [0.15, 0.2) is 17.9 Å². The zero-order valence-corrected chi connectivity index (χ0v) is 76.8. The number of amides is 17. The van der Waals surface area contributed by atoms with Gasteiger partial charge in [-0.3, -0.25) is 96.5 Å². The van der Waals surface area contributed by atoms with E-state index < -0.39 is 222 Å². The fourth-order valence-electron chi connectivity index (χ4n) is 15.8. The summed E-state index contributed by atoms with van der Waals surface area (Å²) in [4.78, 5) is 258. The van der Waals surface area contributed by atoms with E-state index >= 15 is 14.4 Å². The molecule has 47 nitrogen and oxygen atoms in total. The predicted octanol–water partition coefficient (Wildman–Crippen LogP) is -5.91. The summed E-state index contributed by atoms with van der Waals surface area (Å²) in [5, 5.41) is 57.5. The van der Waals surface area contributed by atoms with Crippen molar-refractivity contribution in [1.82, 2.24) is 84.4 Å². The summed E-state index contributed by atoms with van der Waals surface area (Å²) in [7, 11) is 0. The standard InChI is InChI=1S/C84H146N28O19/c1-9-84(8,112-76(128)62(43-113)99-47(5)115)79(131)109-54(30-21-35-97-82(92)93)69(121)107-60(40-51-42-94-44-98-51)73(125)106-58(38-49-24-15-11-16-25-49)71(123)105-59(39-50-26-17-12-18-27-50)72(124)108-61(41-64(86)117)74(126)104-57(36-45(2)3)75(127)111-83(6,7)78(130)110-65(46(4)114)77(129)102-53(29-20-34-96-81(90)91)67(119)101-55(31-32-63(85)116)70(122)100-52(28-19-33-95-80(88)89)68(120)103-56(66(87)118)37-48-22-13-10-14-23-48/h42,44-46,48-50,52-62,65,113-114H,9-41,43H2,1-8H3,(H2,85,116)(H2,86,117)(H2,87,118)(H,94,98)(H,99,115)(H,100,122)(H,101,119)(H,102,129)(H,103,120)(H,104,126)(H,105,123)(H,106,125)(H,107,121)(H,108,124)(H,109,131)(H,110,130)(H,111,127)(H,112,128)(H4,88,89,95)(H4,90,91,96)(H4,92,93,97)/t46-,52+,53+,54+,55+,56+,57+,58+,59+,60+,61+,62+,65+,84-/m1/s1. The highest BCUT2D eigenvalue weighted by atomic mass is 16.3. The van der Waals surface area contributed by atoms with Crippen molar-refractivity contribution in [3.8, 4) is 0 Å². The van der Waals surface area contributed by atoms with Crippen molar-refractivity contribution < 1.29 is 91.7 Å². The van der Waals surface area contributed by atoms with Gasteiger partial charge in [-0.25, -0.2) is 4.98 Å². The molecule has 0 aliphatic heterocycles. The molecule has 0 spiro atoms. The molecule has 3 aliphatic rings. The number of hydrogen-bond acceptors (Lipinski definition) is 23. The first-order chi connectivity index (χ1) is 61.7. The van der Waals surface area contributed by atoms with Crippen molar-refractivity contribution in [2.45, 2.75) is 338 Å². The van der Waals surface area contributed by atoms with E-state index in [0.717, 1.165) is 84.5 Å². The maximum atomic E-state index is 15.3. The lowest BCUT2D eigenvalue weighted by Gasteiger charge is -2.33. The van der Waals surface area contributed by atoms with Gasteiger partial charge in [-0.15, -0.1) is 0 Å². The van der Waals surface area contributed by atoms with Gasteiger partial charge in [0.2, 0.25) is 100 Å². The monoisotopic (exact) mass is 1850 g/mol. The Morgan fingerprint density at radius 3 is 1.20 bits per heavy atom. The summed E-state index contributed by atoms with van der Waals surface area (Å²) < 4.78 is 0. The maximum absolute atomic E-state index is 15.3. The molecule has 0 saturated heterocycles. The van der Waals surface area contributed by atoms with Gasteiger partial charge in [-0.1, -0.05) is 117 Å². The van der Waals surface area contributed by atoms with Crippen molar-refractivity contribution in [2.75, 3.05) is 26.2 Å². The number of aromatic nitrogens is 2. The summed E-state index contributed by atoms with van der Waals surface area (Å²) in [6.07, 6.45) is 10.7. The second-order valence-electron chi connectivity index (χ2n) is 35.5. The summed E-state index contributed by atoms with van der Waals surface area (Å²) in [5.41, 5.74) is 47.0. The lowest BCUT2D eigenvalue weighted by Crippen LogP contribution is -2.65. The Morgan fingerprint density at radius 2 is 0.809 bits per heavy atom. The number of aliphatic hydroxyl groups is 2. The minimum atomic E-state index is -2.05. The number of nitrogens with one attached hydrogen (secondary N) is 15. The van der Waals surface area contributed by atoms with Gasteiger partial charge in [-0.2, -0.15) is 0 Å². The Labute approximate surface area is 763 Å². The highest BCUT2D eigenvalue weighted by Crippen LogP contribution is 2.31. The Hall–Kier alpha value is -12.1. The van der Waals surface area contributed by atoms with E-state index in [0.29, 0.717) is 31.4 Å². The Bertz CT molecular complexity index is 4060. The molecule has 35 N–H and O–H groups in total. The van der Waals surface area contributed by atoms with Crippen LogP contribution in [-0.2, 0) is 87.9 Å². The number of hydrogen-bond donors (Lipinski definition) is 26. The number of nitrogens with zero attached hydrogens (tertiary/aromatic N) is 4. The normalized spacial score (nSPS) is 17.2. The SMILES string of the molecule is CC[C@@](C)(NC(=O)[C@H](CO)NC(C)=O)C(=O)N[C@@H](CCCN=C(N)N)C(=O)N[C@@H](Cc1cnc[nH]1)C(=O)N[C@@H](CC1CCCCC1)C(=O)N[C@@H](CC1CCCCC1)C(=O)N[C@@H](CC(N)=O)C(=O)N[C@@H](CC(C)C)C(=O)NC(C)(C)C(=O)N[C@H](C(=O)N[C@@H](CCCN=C(N)N)C(=O)N[C@@H](CCC(N)=O)C(=O)N[C@@H](CCCN=C(N)N)C(=O)N[C@@H](CC1CCCCC1)C(N)=O)[C@@H](C)O. The summed E-state index contributed by atoms with van der Waals surface area (Å²) in [6, 6.07) is -18.4. The van der Waals surface area contributed by atoms with Crippen LogP contribution in [0.4, 0.5) is 0 Å². The van der Waals surface area contributed by atoms with E-state index in [-0.39, 0.29) is 132 Å². The van der Waals surface area contributed by atoms with Crippen LogP contribution in [0, 0.1) is 23.7 Å². The van der Waals surface area contributed by atoms with E-state index in [1.54, 1.807) is 20.8 Å². The number of carbonyl (C=O) groups is 17. The number of guanidine groups is 3. The van der Waals surface area contributed by atoms with Crippen molar-refractivity contribution >= 4 is 118 Å². The van der Waals surface area contributed by atoms with Crippen LogP contribution in [0.15, 0.2) is 27.5 Å². The van der Waals surface area contributed by atoms with Crippen LogP contribution in [0.2, 0.25) is 0 Å². The van der Waals surface area contributed by atoms with Crippen LogP contribution >= 0.6 is 0 Å². The molecule has 14 atom stereocenters. The minimum Gasteiger partial charge on any atom is -0.394 e. The first-order valence-corrected chi connectivity index (χ1v) is 45.3. The summed E-state index contributed by atoms with van der Waals surface area (Å²) in [6.45, 7) is 10.1. The lowest BCUT2D eigenvalue weighted by atomic mass is 9.83. The molecule has 0 radical (unpaired) electrons. The maximum Gasteiger partial charge on any atom is 0.246 e. The van der Waals surface area contributed by atoms with Crippen LogP contribution < -0.4 is 126 Å². The molecular formula is C84H146N28O19. The fraction of sp³-hybridized carbons (Fsp3) is 0.726. The number of primary amides is 3. The molecule has 1 heterocycles. The number of aromatic amines is 1. The third-order valence-electron chi connectivity index (χ3n) is 23.4. The highest BCUT2D eigenvalue weighted by Gasteiger charge is 2.43. The van der Waals surface area contributed by atoms with Gasteiger partial charge in [0.1, 0.15) is 83.6 Å². The lowest BCUT2D eigenvalue weighted by molar-refractivity contribution is -0.139. The van der Waals surface area contributed by atoms with Gasteiger partial charge in [0.05, 0.1) is 25.5 Å². The van der Waals surface area contributed by atoms with Crippen molar-refractivity contribution in [1.29, 1.82) is 0 Å². The number of carbonyl (C=O) groups excluding carboxylic acids is 17. The van der Waals surface area contributed by atoms with Gasteiger partial charge < -0.3 is 141 Å². The van der Waals surface area contributed by atoms with Crippen molar-refractivity contribution in [2.24, 2.45) is 90.3 Å². The average molecular weight is 1850 g/mol. The molecule has 736 valence electrons. The number of rotatable bonds is 58. The van der Waals surface area contributed by atoms with Gasteiger partial charge in [0, 0.05) is 51.3 Å². The van der Waals surface area contributed by atoms with Gasteiger partial charge in [0.25, 0.3) is 0 Å². The first kappa shape index (κ1) is 111. The van der Waals surface area contributed by atoms with E-state index in [1.807, 2.05) is 0 Å². The molecular weight excluding hydrogens is 1710 g/mol. The smallest absolute Gasteiger partial charge is 0.246 e. The number of aliphatic hydroxyl groups excluding tert-OH is 2. The molecule has 0 aromatic carbocycles. The molecule has 47 heteroatoms. The number of H-pyrrole nitrogens is 1. The molecule has 0 unspecified atom stereocenters. The van der Waals surface area contributed by atoms with Gasteiger partial charge in [-0.05, 0) is 128 Å². The largest absolute Gasteiger partial charge is 0.394 e. The Balaban J connectivity index is 1.64. The third-order valence-corrected chi connectivity index (χ3v) is 23.4. The van der Waals surface area contributed by atoms with Crippen LogP contribution in [0.3, 0.4) is 0 Å². The minimum absolute atomic E-state index is 0.00254. The first-order valence-electron chi connectivity index (χ1n) is 45.3. The van der Waals surface area contributed by atoms with E-state index in [2.05, 4.69) is 99.4 Å². The highest BCUT2D eigenvalue weighted by molar-refractivity contribution is 6.02. The van der Waals surface area contributed by atoms with Crippen molar-refractivity contribution in [3.63, 3.8) is 0 Å². The quantitative estimate of drug-likeness (QED) is 0.0164.